The highest BCUT2D eigenvalue weighted by Crippen LogP contribution is 2.19. The van der Waals surface area contributed by atoms with Gasteiger partial charge in [0.05, 0.1) is 11.7 Å². The van der Waals surface area contributed by atoms with Gasteiger partial charge in [-0.3, -0.25) is 4.68 Å². The molecular weight excluding hydrogens is 196 g/mol. The van der Waals surface area contributed by atoms with Crippen LogP contribution < -0.4 is 0 Å². The first-order chi connectivity index (χ1) is 6.81. The second-order valence-electron chi connectivity index (χ2n) is 3.42. The number of halogens is 1. The minimum Gasteiger partial charge on any atom is -0.265 e. The second-order valence-corrected chi connectivity index (χ2v) is 3.86. The van der Waals surface area contributed by atoms with Crippen LogP contribution in [0.2, 0.25) is 5.02 Å². The van der Waals surface area contributed by atoms with Crippen LogP contribution in [0.25, 0.3) is 10.9 Å². The first-order valence-corrected chi connectivity index (χ1v) is 5.30. The van der Waals surface area contributed by atoms with E-state index in [1.54, 1.807) is 0 Å². The van der Waals surface area contributed by atoms with Crippen LogP contribution in [-0.2, 0) is 6.54 Å². The number of benzene rings is 1. The van der Waals surface area contributed by atoms with Crippen LogP contribution in [0.3, 0.4) is 0 Å². The first kappa shape index (κ1) is 9.53. The lowest BCUT2D eigenvalue weighted by Crippen LogP contribution is -1.98. The molecule has 2 rings (SSSR count). The van der Waals surface area contributed by atoms with Crippen LogP contribution >= 0.6 is 11.6 Å². The average molecular weight is 209 g/mol. The van der Waals surface area contributed by atoms with Gasteiger partial charge in [0.15, 0.2) is 0 Å². The highest BCUT2D eigenvalue weighted by atomic mass is 35.5. The van der Waals surface area contributed by atoms with Gasteiger partial charge in [0.25, 0.3) is 0 Å². The van der Waals surface area contributed by atoms with E-state index in [1.807, 2.05) is 29.1 Å². The summed E-state index contributed by atoms with van der Waals surface area (Å²) in [5, 5.41) is 6.26. The van der Waals surface area contributed by atoms with Gasteiger partial charge < -0.3 is 0 Å². The minimum atomic E-state index is 0.774. The number of rotatable bonds is 3. The fourth-order valence-electron chi connectivity index (χ4n) is 1.53. The molecule has 1 aromatic carbocycles. The molecule has 0 spiro atoms. The van der Waals surface area contributed by atoms with Crippen LogP contribution in [0.1, 0.15) is 19.8 Å². The Morgan fingerprint density at radius 3 is 3.07 bits per heavy atom. The number of unbranched alkanes of at least 4 members (excludes halogenated alkanes) is 1. The molecule has 74 valence electrons. The highest BCUT2D eigenvalue weighted by molar-refractivity contribution is 6.31. The zero-order valence-electron chi connectivity index (χ0n) is 8.20. The molecule has 0 aliphatic heterocycles. The van der Waals surface area contributed by atoms with Crippen molar-refractivity contribution in [1.29, 1.82) is 0 Å². The molecule has 2 nitrogen and oxygen atoms in total. The topological polar surface area (TPSA) is 17.8 Å². The minimum absolute atomic E-state index is 0.774. The van der Waals surface area contributed by atoms with E-state index >= 15 is 0 Å². The number of fused-ring (bicyclic) bond motifs is 1. The van der Waals surface area contributed by atoms with E-state index in [0.717, 1.165) is 28.9 Å². The Hall–Kier alpha value is -1.02. The molecule has 3 heteroatoms. The van der Waals surface area contributed by atoms with E-state index in [9.17, 15) is 0 Å². The van der Waals surface area contributed by atoms with Crippen LogP contribution in [0, 0.1) is 0 Å². The zero-order chi connectivity index (χ0) is 9.97. The maximum atomic E-state index is 5.94. The Balaban J connectivity index is 2.40. The fraction of sp³-hybridized carbons (Fsp3) is 0.364. The van der Waals surface area contributed by atoms with Gasteiger partial charge in [-0.2, -0.15) is 5.10 Å². The molecule has 0 aliphatic rings. The third-order valence-corrected chi connectivity index (χ3v) is 2.57. The SMILES string of the molecule is CCCCn1ncc2ccc(Cl)cc21. The smallest absolute Gasteiger partial charge is 0.0697 e. The summed E-state index contributed by atoms with van der Waals surface area (Å²) in [5.74, 6) is 0. The van der Waals surface area contributed by atoms with Gasteiger partial charge in [-0.1, -0.05) is 24.9 Å². The molecule has 1 aromatic heterocycles. The lowest BCUT2D eigenvalue weighted by molar-refractivity contribution is 0.588. The van der Waals surface area contributed by atoms with Gasteiger partial charge in [0.1, 0.15) is 0 Å². The molecule has 0 atom stereocenters. The summed E-state index contributed by atoms with van der Waals surface area (Å²) in [5.41, 5.74) is 1.13. The second kappa shape index (κ2) is 4.01. The van der Waals surface area contributed by atoms with Crippen molar-refractivity contribution in [2.24, 2.45) is 0 Å². The van der Waals surface area contributed by atoms with Crippen molar-refractivity contribution in [2.75, 3.05) is 0 Å². The third kappa shape index (κ3) is 1.75. The maximum Gasteiger partial charge on any atom is 0.0697 e. The average Bonchev–Trinajstić information content (AvgIpc) is 2.57. The molecule has 1 heterocycles. The van der Waals surface area contributed by atoms with Crippen molar-refractivity contribution in [3.05, 3.63) is 29.4 Å². The Bertz CT molecular complexity index is 434. The molecule has 0 aliphatic carbocycles. The molecule has 2 aromatic rings. The number of hydrogen-bond donors (Lipinski definition) is 0. The standard InChI is InChI=1S/C11H13ClN2/c1-2-3-6-14-11-7-10(12)5-4-9(11)8-13-14/h4-5,7-8H,2-3,6H2,1H3. The predicted molar refractivity (Wildman–Crippen MR) is 59.7 cm³/mol. The van der Waals surface area contributed by atoms with Gasteiger partial charge in [-0.05, 0) is 24.6 Å². The quantitative estimate of drug-likeness (QED) is 0.755. The lowest BCUT2D eigenvalue weighted by Gasteiger charge is -2.01. The Morgan fingerprint density at radius 1 is 1.43 bits per heavy atom. The molecular formula is C11H13ClN2. The van der Waals surface area contributed by atoms with Crippen molar-refractivity contribution in [2.45, 2.75) is 26.3 Å². The molecule has 0 saturated heterocycles. The van der Waals surface area contributed by atoms with Gasteiger partial charge >= 0.3 is 0 Å². The molecule has 0 radical (unpaired) electrons. The Morgan fingerprint density at radius 2 is 2.29 bits per heavy atom. The van der Waals surface area contributed by atoms with Crippen molar-refractivity contribution in [3.8, 4) is 0 Å². The van der Waals surface area contributed by atoms with Gasteiger partial charge in [0.2, 0.25) is 0 Å². The highest BCUT2D eigenvalue weighted by Gasteiger charge is 2.01. The zero-order valence-corrected chi connectivity index (χ0v) is 8.96. The number of hydrogen-bond acceptors (Lipinski definition) is 1. The van der Waals surface area contributed by atoms with Gasteiger partial charge in [-0.25, -0.2) is 0 Å². The van der Waals surface area contributed by atoms with E-state index in [4.69, 9.17) is 11.6 Å². The molecule has 0 bridgehead atoms. The first-order valence-electron chi connectivity index (χ1n) is 4.92. The van der Waals surface area contributed by atoms with Crippen LogP contribution in [0.15, 0.2) is 24.4 Å². The van der Waals surface area contributed by atoms with Crippen molar-refractivity contribution in [3.63, 3.8) is 0 Å². The maximum absolute atomic E-state index is 5.94. The van der Waals surface area contributed by atoms with E-state index in [2.05, 4.69) is 12.0 Å². The largest absolute Gasteiger partial charge is 0.265 e. The van der Waals surface area contributed by atoms with Crippen LogP contribution in [0.4, 0.5) is 0 Å². The molecule has 0 N–H and O–H groups in total. The Labute approximate surface area is 88.5 Å². The normalized spacial score (nSPS) is 11.0. The number of nitrogens with zero attached hydrogens (tertiary/aromatic N) is 2. The lowest BCUT2D eigenvalue weighted by atomic mass is 10.2. The molecule has 14 heavy (non-hydrogen) atoms. The molecule has 0 amide bonds. The van der Waals surface area contributed by atoms with Crippen LogP contribution in [0.5, 0.6) is 0 Å². The van der Waals surface area contributed by atoms with Crippen molar-refractivity contribution >= 4 is 22.5 Å². The summed E-state index contributed by atoms with van der Waals surface area (Å²) in [6, 6.07) is 5.88. The van der Waals surface area contributed by atoms with Gasteiger partial charge in [0, 0.05) is 17.0 Å². The summed E-state index contributed by atoms with van der Waals surface area (Å²) in [6.45, 7) is 3.15. The van der Waals surface area contributed by atoms with Crippen molar-refractivity contribution < 1.29 is 0 Å². The summed E-state index contributed by atoms with van der Waals surface area (Å²) >= 11 is 5.94. The van der Waals surface area contributed by atoms with Crippen LogP contribution in [-0.4, -0.2) is 9.78 Å². The van der Waals surface area contributed by atoms with Gasteiger partial charge in [-0.15, -0.1) is 0 Å². The Kier molecular flexibility index (Phi) is 2.73. The van der Waals surface area contributed by atoms with E-state index in [0.29, 0.717) is 0 Å². The summed E-state index contributed by atoms with van der Waals surface area (Å²) in [4.78, 5) is 0. The summed E-state index contributed by atoms with van der Waals surface area (Å²) in [7, 11) is 0. The monoisotopic (exact) mass is 208 g/mol. The molecule has 0 unspecified atom stereocenters. The van der Waals surface area contributed by atoms with E-state index < -0.39 is 0 Å². The molecule has 0 fully saturated rings. The summed E-state index contributed by atoms with van der Waals surface area (Å²) in [6.07, 6.45) is 4.23. The number of aromatic nitrogens is 2. The predicted octanol–water partition coefficient (Wildman–Crippen LogP) is 3.49. The van der Waals surface area contributed by atoms with E-state index in [-0.39, 0.29) is 0 Å². The third-order valence-electron chi connectivity index (χ3n) is 2.33. The number of aryl methyl sites for hydroxylation is 1. The van der Waals surface area contributed by atoms with E-state index in [1.165, 1.54) is 6.42 Å². The molecule has 0 saturated carbocycles. The van der Waals surface area contributed by atoms with Crippen molar-refractivity contribution in [1.82, 2.24) is 9.78 Å². The fourth-order valence-corrected chi connectivity index (χ4v) is 1.70. The summed E-state index contributed by atoms with van der Waals surface area (Å²) < 4.78 is 2.02.